The third kappa shape index (κ3) is 3.71. The van der Waals surface area contributed by atoms with Crippen molar-refractivity contribution in [3.05, 3.63) is 47.0 Å². The average molecular weight is 326 g/mol. The molecule has 1 aromatic heterocycles. The molecule has 0 amide bonds. The Bertz CT molecular complexity index is 763. The van der Waals surface area contributed by atoms with Gasteiger partial charge in [0.15, 0.2) is 9.84 Å². The maximum Gasteiger partial charge on any atom is 0.175 e. The van der Waals surface area contributed by atoms with Gasteiger partial charge in [0.1, 0.15) is 0 Å². The molecule has 1 unspecified atom stereocenters. The Morgan fingerprint density at radius 1 is 1.24 bits per heavy atom. The van der Waals surface area contributed by atoms with Gasteiger partial charge in [-0.05, 0) is 32.0 Å². The first-order chi connectivity index (χ1) is 9.79. The lowest BCUT2D eigenvalue weighted by atomic mass is 10.1. The van der Waals surface area contributed by atoms with Crippen molar-refractivity contribution in [1.82, 2.24) is 9.97 Å². The second-order valence-electron chi connectivity index (χ2n) is 4.81. The van der Waals surface area contributed by atoms with Crippen LogP contribution < -0.4 is 5.32 Å². The van der Waals surface area contributed by atoms with Crippen molar-refractivity contribution < 1.29 is 8.42 Å². The molecule has 21 heavy (non-hydrogen) atoms. The van der Waals surface area contributed by atoms with E-state index in [1.807, 2.05) is 13.8 Å². The number of nitrogens with zero attached hydrogens (tertiary/aromatic N) is 2. The molecule has 0 fully saturated rings. The van der Waals surface area contributed by atoms with E-state index in [0.717, 1.165) is 17.6 Å². The normalized spacial score (nSPS) is 13.0. The summed E-state index contributed by atoms with van der Waals surface area (Å²) in [6.07, 6.45) is 4.41. The number of hydrogen-bond donors (Lipinski definition) is 1. The molecule has 1 N–H and O–H groups in total. The number of hydrogen-bond acceptors (Lipinski definition) is 5. The molecule has 0 aliphatic heterocycles. The number of rotatable bonds is 4. The molecule has 0 aliphatic carbocycles. The van der Waals surface area contributed by atoms with Crippen LogP contribution in [0.5, 0.6) is 0 Å². The van der Waals surface area contributed by atoms with Crippen LogP contribution in [-0.2, 0) is 9.84 Å². The molecule has 2 rings (SSSR count). The minimum atomic E-state index is -3.28. The zero-order valence-corrected chi connectivity index (χ0v) is 13.5. The van der Waals surface area contributed by atoms with Gasteiger partial charge in [0.05, 0.1) is 33.0 Å². The van der Waals surface area contributed by atoms with Gasteiger partial charge < -0.3 is 5.32 Å². The van der Waals surface area contributed by atoms with Gasteiger partial charge in [0, 0.05) is 18.6 Å². The first kappa shape index (κ1) is 15.7. The quantitative estimate of drug-likeness (QED) is 0.935. The maximum atomic E-state index is 11.6. The van der Waals surface area contributed by atoms with Crippen molar-refractivity contribution in [2.75, 3.05) is 11.6 Å². The fraction of sp³-hybridized carbons (Fsp3) is 0.286. The molecule has 0 saturated carbocycles. The van der Waals surface area contributed by atoms with Gasteiger partial charge in [-0.1, -0.05) is 11.6 Å². The third-order valence-electron chi connectivity index (χ3n) is 3.07. The van der Waals surface area contributed by atoms with Gasteiger partial charge in [0.25, 0.3) is 0 Å². The van der Waals surface area contributed by atoms with Crippen LogP contribution in [0.2, 0.25) is 5.02 Å². The molecule has 112 valence electrons. The summed E-state index contributed by atoms with van der Waals surface area (Å²) in [6.45, 7) is 3.79. The summed E-state index contributed by atoms with van der Waals surface area (Å²) in [4.78, 5) is 8.70. The predicted octanol–water partition coefficient (Wildman–Crippen LogP) is 3.02. The van der Waals surface area contributed by atoms with E-state index in [1.165, 1.54) is 12.1 Å². The van der Waals surface area contributed by atoms with E-state index in [0.29, 0.717) is 10.7 Å². The molecular weight excluding hydrogens is 310 g/mol. The molecule has 0 bridgehead atoms. The summed E-state index contributed by atoms with van der Waals surface area (Å²) in [7, 11) is -3.28. The summed E-state index contributed by atoms with van der Waals surface area (Å²) in [5, 5.41) is 3.64. The fourth-order valence-electron chi connectivity index (χ4n) is 1.99. The molecule has 2 aromatic rings. The minimum absolute atomic E-state index is 0.147. The van der Waals surface area contributed by atoms with E-state index >= 15 is 0 Å². The lowest BCUT2D eigenvalue weighted by Crippen LogP contribution is -2.11. The largest absolute Gasteiger partial charge is 0.376 e. The predicted molar refractivity (Wildman–Crippen MR) is 83.4 cm³/mol. The molecule has 0 saturated heterocycles. The Morgan fingerprint density at radius 3 is 2.52 bits per heavy atom. The molecular formula is C14H16ClN3O2S. The van der Waals surface area contributed by atoms with Gasteiger partial charge in [-0.25, -0.2) is 8.42 Å². The van der Waals surface area contributed by atoms with E-state index in [2.05, 4.69) is 15.3 Å². The number of nitrogens with one attached hydrogen (secondary N) is 1. The highest BCUT2D eigenvalue weighted by atomic mass is 35.5. The lowest BCUT2D eigenvalue weighted by Gasteiger charge is -2.17. The zero-order chi connectivity index (χ0) is 15.6. The first-order valence-electron chi connectivity index (χ1n) is 6.32. The summed E-state index contributed by atoms with van der Waals surface area (Å²) in [5.41, 5.74) is 2.16. The van der Waals surface area contributed by atoms with E-state index in [1.54, 1.807) is 18.5 Å². The fourth-order valence-corrected chi connectivity index (χ4v) is 2.81. The molecule has 7 heteroatoms. The number of aromatic nitrogens is 2. The van der Waals surface area contributed by atoms with Crippen LogP contribution in [0.15, 0.2) is 35.5 Å². The molecule has 0 aliphatic rings. The highest BCUT2D eigenvalue weighted by Crippen LogP contribution is 2.28. The number of sulfone groups is 1. The topological polar surface area (TPSA) is 72.0 Å². The van der Waals surface area contributed by atoms with E-state index in [-0.39, 0.29) is 10.9 Å². The van der Waals surface area contributed by atoms with Crippen molar-refractivity contribution in [3.63, 3.8) is 0 Å². The Morgan fingerprint density at radius 2 is 1.90 bits per heavy atom. The second-order valence-corrected chi connectivity index (χ2v) is 7.23. The minimum Gasteiger partial charge on any atom is -0.376 e. The van der Waals surface area contributed by atoms with Gasteiger partial charge in [-0.3, -0.25) is 9.97 Å². The van der Waals surface area contributed by atoms with E-state index < -0.39 is 9.84 Å². The van der Waals surface area contributed by atoms with Gasteiger partial charge in [0.2, 0.25) is 0 Å². The zero-order valence-electron chi connectivity index (χ0n) is 12.0. The number of aryl methyl sites for hydroxylation is 1. The molecule has 1 heterocycles. The number of anilines is 1. The van der Waals surface area contributed by atoms with Gasteiger partial charge >= 0.3 is 0 Å². The number of benzene rings is 1. The van der Waals surface area contributed by atoms with Crippen LogP contribution in [0, 0.1) is 6.92 Å². The molecule has 1 atom stereocenters. The average Bonchev–Trinajstić information content (AvgIpc) is 2.40. The highest BCUT2D eigenvalue weighted by Gasteiger charge is 2.14. The second kappa shape index (κ2) is 5.99. The van der Waals surface area contributed by atoms with Crippen molar-refractivity contribution in [2.24, 2.45) is 0 Å². The van der Waals surface area contributed by atoms with Crippen LogP contribution in [0.1, 0.15) is 24.4 Å². The summed E-state index contributed by atoms with van der Waals surface area (Å²) in [6, 6.07) is 4.43. The molecule has 5 nitrogen and oxygen atoms in total. The van der Waals surface area contributed by atoms with Gasteiger partial charge in [-0.2, -0.15) is 0 Å². The lowest BCUT2D eigenvalue weighted by molar-refractivity contribution is 0.602. The van der Waals surface area contributed by atoms with Crippen molar-refractivity contribution in [3.8, 4) is 0 Å². The maximum absolute atomic E-state index is 11.6. The first-order valence-corrected chi connectivity index (χ1v) is 8.59. The number of halogens is 1. The van der Waals surface area contributed by atoms with Crippen LogP contribution in [0.25, 0.3) is 0 Å². The Balaban J connectivity index is 2.33. The Kier molecular flexibility index (Phi) is 4.49. The van der Waals surface area contributed by atoms with Crippen LogP contribution in [-0.4, -0.2) is 24.6 Å². The summed E-state index contributed by atoms with van der Waals surface area (Å²) in [5.74, 6) is 0. The Labute approximate surface area is 129 Å². The van der Waals surface area contributed by atoms with Crippen molar-refractivity contribution >= 4 is 27.1 Å². The van der Waals surface area contributed by atoms with Gasteiger partial charge in [-0.15, -0.1) is 0 Å². The molecule has 0 radical (unpaired) electrons. The van der Waals surface area contributed by atoms with Crippen molar-refractivity contribution in [1.29, 1.82) is 0 Å². The highest BCUT2D eigenvalue weighted by molar-refractivity contribution is 7.90. The molecule has 1 aromatic carbocycles. The SMILES string of the molecule is Cc1nccnc1C(C)Nc1cc(S(C)(=O)=O)ccc1Cl. The van der Waals surface area contributed by atoms with Crippen molar-refractivity contribution in [2.45, 2.75) is 24.8 Å². The Hall–Kier alpha value is -1.66. The summed E-state index contributed by atoms with van der Waals surface area (Å²) < 4.78 is 23.2. The van der Waals surface area contributed by atoms with E-state index in [9.17, 15) is 8.42 Å². The van der Waals surface area contributed by atoms with Crippen LogP contribution in [0.3, 0.4) is 0 Å². The van der Waals surface area contributed by atoms with E-state index in [4.69, 9.17) is 11.6 Å². The third-order valence-corrected chi connectivity index (χ3v) is 4.51. The smallest absolute Gasteiger partial charge is 0.175 e. The molecule has 0 spiro atoms. The van der Waals surface area contributed by atoms with Crippen LogP contribution in [0.4, 0.5) is 5.69 Å². The summed E-state index contributed by atoms with van der Waals surface area (Å²) >= 11 is 6.12. The van der Waals surface area contributed by atoms with Crippen LogP contribution >= 0.6 is 11.6 Å². The standard InChI is InChI=1S/C14H16ClN3O2S/c1-9-14(17-7-6-16-9)10(2)18-13-8-11(21(3,19)20)4-5-12(13)15/h4-8,10,18H,1-3H3. The monoisotopic (exact) mass is 325 g/mol.